The lowest BCUT2D eigenvalue weighted by atomic mass is 9.96. The van der Waals surface area contributed by atoms with Crippen LogP contribution in [-0.2, 0) is 0 Å². The molecule has 1 atom stereocenters. The van der Waals surface area contributed by atoms with E-state index in [0.717, 1.165) is 25.8 Å². The highest BCUT2D eigenvalue weighted by Crippen LogP contribution is 2.40. The largest absolute Gasteiger partial charge is 0.493 e. The standard InChI is InChI=1S/C20H28N2O3/c1-13(2)11-20(3,4)25-18-10-16-15(9-17(18)24-5)19(23)22-8-6-7-14(22)12-21-16/h9-10,12-14H,6-8,11H2,1-5H3. The lowest BCUT2D eigenvalue weighted by Gasteiger charge is -2.29. The maximum Gasteiger partial charge on any atom is 0.256 e. The number of aliphatic imine (C=N–C) groups is 1. The highest BCUT2D eigenvalue weighted by Gasteiger charge is 2.33. The van der Waals surface area contributed by atoms with E-state index in [9.17, 15) is 4.79 Å². The Morgan fingerprint density at radius 1 is 1.32 bits per heavy atom. The molecule has 2 aliphatic heterocycles. The van der Waals surface area contributed by atoms with Crippen molar-refractivity contribution >= 4 is 17.8 Å². The first-order valence-electron chi connectivity index (χ1n) is 9.07. The number of methoxy groups -OCH3 is 1. The van der Waals surface area contributed by atoms with Crippen molar-refractivity contribution in [2.45, 2.75) is 58.6 Å². The lowest BCUT2D eigenvalue weighted by Crippen LogP contribution is -2.35. The van der Waals surface area contributed by atoms with E-state index < -0.39 is 0 Å². The van der Waals surface area contributed by atoms with E-state index in [1.54, 1.807) is 13.2 Å². The fraction of sp³-hybridized carbons (Fsp3) is 0.600. The topological polar surface area (TPSA) is 51.1 Å². The van der Waals surface area contributed by atoms with Gasteiger partial charge in [-0.15, -0.1) is 0 Å². The molecule has 0 N–H and O–H groups in total. The fourth-order valence-corrected chi connectivity index (χ4v) is 3.91. The Balaban J connectivity index is 1.97. The summed E-state index contributed by atoms with van der Waals surface area (Å²) in [6.07, 6.45) is 4.82. The summed E-state index contributed by atoms with van der Waals surface area (Å²) in [5.74, 6) is 1.77. The van der Waals surface area contributed by atoms with Gasteiger partial charge in [0.15, 0.2) is 11.5 Å². The van der Waals surface area contributed by atoms with Crippen LogP contribution in [0.3, 0.4) is 0 Å². The predicted octanol–water partition coefficient (Wildman–Crippen LogP) is 4.22. The Kier molecular flexibility index (Phi) is 4.76. The molecule has 5 nitrogen and oxygen atoms in total. The van der Waals surface area contributed by atoms with Crippen molar-refractivity contribution in [3.63, 3.8) is 0 Å². The quantitative estimate of drug-likeness (QED) is 0.803. The van der Waals surface area contributed by atoms with Crippen molar-refractivity contribution in [3.05, 3.63) is 17.7 Å². The van der Waals surface area contributed by atoms with Crippen molar-refractivity contribution < 1.29 is 14.3 Å². The molecule has 2 heterocycles. The fourth-order valence-electron chi connectivity index (χ4n) is 3.91. The van der Waals surface area contributed by atoms with Gasteiger partial charge >= 0.3 is 0 Å². The van der Waals surface area contributed by atoms with E-state index >= 15 is 0 Å². The number of carbonyl (C=O) groups is 1. The molecule has 1 saturated heterocycles. The number of nitrogens with zero attached hydrogens (tertiary/aromatic N) is 2. The van der Waals surface area contributed by atoms with Gasteiger partial charge in [0.1, 0.15) is 5.60 Å². The van der Waals surface area contributed by atoms with Crippen LogP contribution in [0.4, 0.5) is 5.69 Å². The zero-order valence-electron chi connectivity index (χ0n) is 15.8. The van der Waals surface area contributed by atoms with E-state index in [4.69, 9.17) is 9.47 Å². The molecule has 1 aromatic carbocycles. The normalized spacial score (nSPS) is 19.7. The molecule has 0 saturated carbocycles. The minimum atomic E-state index is -0.325. The number of amides is 1. The van der Waals surface area contributed by atoms with Crippen molar-refractivity contribution in [1.82, 2.24) is 4.90 Å². The third-order valence-electron chi connectivity index (χ3n) is 4.74. The number of ether oxygens (including phenoxy) is 2. The highest BCUT2D eigenvalue weighted by atomic mass is 16.5. The van der Waals surface area contributed by atoms with Crippen LogP contribution in [0.1, 0.15) is 57.3 Å². The summed E-state index contributed by atoms with van der Waals surface area (Å²) in [5, 5.41) is 0. The number of rotatable bonds is 5. The second-order valence-corrected chi connectivity index (χ2v) is 7.97. The Labute approximate surface area is 150 Å². The summed E-state index contributed by atoms with van der Waals surface area (Å²) in [6, 6.07) is 3.72. The van der Waals surface area contributed by atoms with Gasteiger partial charge in [0.2, 0.25) is 0 Å². The number of hydrogen-bond acceptors (Lipinski definition) is 4. The van der Waals surface area contributed by atoms with Crippen molar-refractivity contribution in [1.29, 1.82) is 0 Å². The van der Waals surface area contributed by atoms with E-state index in [1.165, 1.54) is 0 Å². The molecule has 1 amide bonds. The van der Waals surface area contributed by atoms with Crippen molar-refractivity contribution in [2.75, 3.05) is 13.7 Å². The molecule has 5 heteroatoms. The number of fused-ring (bicyclic) bond motifs is 2. The van der Waals surface area contributed by atoms with Gasteiger partial charge in [0.05, 0.1) is 24.4 Å². The summed E-state index contributed by atoms with van der Waals surface area (Å²) in [5.41, 5.74) is 0.927. The highest BCUT2D eigenvalue weighted by molar-refractivity contribution is 6.03. The molecule has 0 aromatic heterocycles. The van der Waals surface area contributed by atoms with Gasteiger partial charge in [0, 0.05) is 18.8 Å². The molecule has 25 heavy (non-hydrogen) atoms. The van der Waals surface area contributed by atoms with Gasteiger partial charge in [-0.1, -0.05) is 13.8 Å². The van der Waals surface area contributed by atoms with Gasteiger partial charge < -0.3 is 14.4 Å². The lowest BCUT2D eigenvalue weighted by molar-refractivity contribution is 0.0772. The molecule has 0 spiro atoms. The van der Waals surface area contributed by atoms with Crippen LogP contribution in [0.2, 0.25) is 0 Å². The Hall–Kier alpha value is -2.04. The first-order chi connectivity index (χ1) is 11.8. The minimum Gasteiger partial charge on any atom is -0.493 e. The van der Waals surface area contributed by atoms with E-state index in [1.807, 2.05) is 17.2 Å². The van der Waals surface area contributed by atoms with Crippen molar-refractivity contribution in [2.24, 2.45) is 10.9 Å². The maximum atomic E-state index is 12.9. The first kappa shape index (κ1) is 17.8. The molecule has 3 rings (SSSR count). The summed E-state index contributed by atoms with van der Waals surface area (Å²) in [6.45, 7) is 9.28. The molecule has 1 fully saturated rings. The predicted molar refractivity (Wildman–Crippen MR) is 99.4 cm³/mol. The molecule has 1 aromatic rings. The average molecular weight is 344 g/mol. The van der Waals surface area contributed by atoms with Gasteiger partial charge in [0.25, 0.3) is 5.91 Å². The first-order valence-corrected chi connectivity index (χ1v) is 9.07. The summed E-state index contributed by atoms with van der Waals surface area (Å²) < 4.78 is 11.8. The molecular formula is C20H28N2O3. The smallest absolute Gasteiger partial charge is 0.256 e. The van der Waals surface area contributed by atoms with Crippen LogP contribution in [0.25, 0.3) is 0 Å². The van der Waals surface area contributed by atoms with Crippen LogP contribution in [0, 0.1) is 5.92 Å². The SMILES string of the molecule is COc1cc2c(cc1OC(C)(C)CC(C)C)N=CC1CCCN1C2=O. The Morgan fingerprint density at radius 2 is 2.08 bits per heavy atom. The van der Waals surface area contributed by atoms with E-state index in [-0.39, 0.29) is 17.6 Å². The van der Waals surface area contributed by atoms with Crippen LogP contribution in [0.15, 0.2) is 17.1 Å². The monoisotopic (exact) mass is 344 g/mol. The van der Waals surface area contributed by atoms with Crippen molar-refractivity contribution in [3.8, 4) is 11.5 Å². The number of benzene rings is 1. The van der Waals surface area contributed by atoms with Gasteiger partial charge in [-0.05, 0) is 45.1 Å². The zero-order chi connectivity index (χ0) is 18.2. The van der Waals surface area contributed by atoms with E-state index in [2.05, 4.69) is 32.7 Å². The maximum absolute atomic E-state index is 12.9. The molecule has 0 radical (unpaired) electrons. The van der Waals surface area contributed by atoms with Gasteiger partial charge in [-0.3, -0.25) is 9.79 Å². The van der Waals surface area contributed by atoms with Crippen LogP contribution in [0.5, 0.6) is 11.5 Å². The molecular weight excluding hydrogens is 316 g/mol. The Bertz CT molecular complexity index is 694. The molecule has 136 valence electrons. The molecule has 0 aliphatic carbocycles. The number of carbonyl (C=O) groups excluding carboxylic acids is 1. The minimum absolute atomic E-state index is 0.0290. The molecule has 1 unspecified atom stereocenters. The summed E-state index contributed by atoms with van der Waals surface area (Å²) in [4.78, 5) is 19.4. The second kappa shape index (κ2) is 6.70. The van der Waals surface area contributed by atoms with E-state index in [0.29, 0.717) is 28.7 Å². The third-order valence-corrected chi connectivity index (χ3v) is 4.74. The second-order valence-electron chi connectivity index (χ2n) is 7.97. The van der Waals surface area contributed by atoms with Crippen LogP contribution >= 0.6 is 0 Å². The van der Waals surface area contributed by atoms with Crippen LogP contribution in [-0.4, -0.2) is 42.3 Å². The van der Waals surface area contributed by atoms with Gasteiger partial charge in [-0.2, -0.15) is 0 Å². The summed E-state index contributed by atoms with van der Waals surface area (Å²) in [7, 11) is 1.60. The third kappa shape index (κ3) is 3.65. The zero-order valence-corrected chi connectivity index (χ0v) is 15.8. The molecule has 2 aliphatic rings. The Morgan fingerprint density at radius 3 is 2.76 bits per heavy atom. The van der Waals surface area contributed by atoms with Gasteiger partial charge in [-0.25, -0.2) is 0 Å². The number of hydrogen-bond donors (Lipinski definition) is 0. The molecule has 0 bridgehead atoms. The van der Waals surface area contributed by atoms with Crippen LogP contribution < -0.4 is 9.47 Å². The summed E-state index contributed by atoms with van der Waals surface area (Å²) >= 11 is 0. The average Bonchev–Trinajstić information content (AvgIpc) is 2.94.